The largest absolute Gasteiger partial charge is 0.365 e. The summed E-state index contributed by atoms with van der Waals surface area (Å²) in [5, 5.41) is 3.47. The third kappa shape index (κ3) is 3.04. The van der Waals surface area contributed by atoms with Crippen LogP contribution in [0.15, 0.2) is 47.2 Å². The van der Waals surface area contributed by atoms with Gasteiger partial charge in [-0.15, -0.1) is 0 Å². The average molecular weight is 319 g/mol. The topological polar surface area (TPSA) is 41.0 Å². The van der Waals surface area contributed by atoms with Gasteiger partial charge in [-0.25, -0.2) is 9.97 Å². The number of anilines is 2. The van der Waals surface area contributed by atoms with Crippen LogP contribution in [0.5, 0.6) is 0 Å². The highest BCUT2D eigenvalue weighted by Crippen LogP contribution is 2.20. The van der Waals surface area contributed by atoms with Crippen LogP contribution in [-0.2, 0) is 0 Å². The van der Waals surface area contributed by atoms with Crippen molar-refractivity contribution < 1.29 is 0 Å². The summed E-state index contributed by atoms with van der Waals surface area (Å²) in [6.07, 6.45) is 4.76. The van der Waals surface area contributed by atoms with Gasteiger partial charge in [-0.05, 0) is 46.6 Å². The standard InChI is InChI=1S/C14H15BrN4/c15-11-4-5-13(17-9-11)18-12-6-8-19(10-12)14-3-1-2-7-16-14/h1-5,7,9,12H,6,8,10H2,(H,17,18). The minimum atomic E-state index is 0.427. The average Bonchev–Trinajstić information content (AvgIpc) is 2.91. The van der Waals surface area contributed by atoms with Gasteiger partial charge in [-0.1, -0.05) is 6.07 Å². The van der Waals surface area contributed by atoms with Crippen LogP contribution >= 0.6 is 15.9 Å². The minimum Gasteiger partial charge on any atom is -0.365 e. The molecule has 0 radical (unpaired) electrons. The Labute approximate surface area is 121 Å². The van der Waals surface area contributed by atoms with Gasteiger partial charge in [0.25, 0.3) is 0 Å². The van der Waals surface area contributed by atoms with Gasteiger partial charge in [0.2, 0.25) is 0 Å². The van der Waals surface area contributed by atoms with Crippen molar-refractivity contribution in [2.75, 3.05) is 23.3 Å². The number of nitrogens with zero attached hydrogens (tertiary/aromatic N) is 3. The van der Waals surface area contributed by atoms with Gasteiger partial charge in [-0.3, -0.25) is 0 Å². The molecule has 1 fully saturated rings. The second kappa shape index (κ2) is 5.57. The summed E-state index contributed by atoms with van der Waals surface area (Å²) in [6, 6.07) is 10.4. The smallest absolute Gasteiger partial charge is 0.128 e. The van der Waals surface area contributed by atoms with E-state index >= 15 is 0 Å². The van der Waals surface area contributed by atoms with Gasteiger partial charge >= 0.3 is 0 Å². The molecule has 2 aromatic heterocycles. The first-order valence-corrected chi connectivity index (χ1v) is 7.14. The number of pyridine rings is 2. The highest BCUT2D eigenvalue weighted by atomic mass is 79.9. The minimum absolute atomic E-state index is 0.427. The molecule has 1 atom stereocenters. The molecule has 5 heteroatoms. The fourth-order valence-corrected chi connectivity index (χ4v) is 2.53. The van der Waals surface area contributed by atoms with E-state index in [2.05, 4.69) is 42.2 Å². The van der Waals surface area contributed by atoms with E-state index in [1.165, 1.54) is 0 Å². The fourth-order valence-electron chi connectivity index (χ4n) is 2.30. The maximum Gasteiger partial charge on any atom is 0.128 e. The van der Waals surface area contributed by atoms with E-state index in [0.717, 1.165) is 35.6 Å². The van der Waals surface area contributed by atoms with E-state index in [0.29, 0.717) is 6.04 Å². The zero-order valence-electron chi connectivity index (χ0n) is 10.5. The molecule has 1 aliphatic rings. The number of rotatable bonds is 3. The zero-order chi connectivity index (χ0) is 13.1. The van der Waals surface area contributed by atoms with Gasteiger partial charge in [0.15, 0.2) is 0 Å². The summed E-state index contributed by atoms with van der Waals surface area (Å²) in [5.74, 6) is 1.98. The van der Waals surface area contributed by atoms with E-state index in [9.17, 15) is 0 Å². The van der Waals surface area contributed by atoms with E-state index in [4.69, 9.17) is 0 Å². The maximum absolute atomic E-state index is 4.39. The molecule has 0 spiro atoms. The summed E-state index contributed by atoms with van der Waals surface area (Å²) < 4.78 is 1.000. The molecule has 1 aliphatic heterocycles. The van der Waals surface area contributed by atoms with E-state index in [1.807, 2.05) is 36.7 Å². The van der Waals surface area contributed by atoms with Crippen LogP contribution in [0.2, 0.25) is 0 Å². The Morgan fingerprint density at radius 1 is 1.21 bits per heavy atom. The first-order chi connectivity index (χ1) is 9.31. The van der Waals surface area contributed by atoms with Crippen molar-refractivity contribution in [3.63, 3.8) is 0 Å². The highest BCUT2D eigenvalue weighted by molar-refractivity contribution is 9.10. The van der Waals surface area contributed by atoms with Crippen molar-refractivity contribution in [3.8, 4) is 0 Å². The SMILES string of the molecule is Brc1ccc(NC2CCN(c3ccccn3)C2)nc1. The van der Waals surface area contributed by atoms with Crippen LogP contribution < -0.4 is 10.2 Å². The number of hydrogen-bond acceptors (Lipinski definition) is 4. The van der Waals surface area contributed by atoms with Crippen molar-refractivity contribution >= 4 is 27.6 Å². The lowest BCUT2D eigenvalue weighted by Crippen LogP contribution is -2.26. The molecule has 3 rings (SSSR count). The van der Waals surface area contributed by atoms with E-state index in [-0.39, 0.29) is 0 Å². The number of aromatic nitrogens is 2. The van der Waals surface area contributed by atoms with Crippen molar-refractivity contribution in [2.24, 2.45) is 0 Å². The Balaban J connectivity index is 1.62. The van der Waals surface area contributed by atoms with Gasteiger partial charge in [0, 0.05) is 36.0 Å². The van der Waals surface area contributed by atoms with Crippen LogP contribution in [0.3, 0.4) is 0 Å². The van der Waals surface area contributed by atoms with Gasteiger partial charge in [0.05, 0.1) is 0 Å². The summed E-state index contributed by atoms with van der Waals surface area (Å²) >= 11 is 3.39. The Morgan fingerprint density at radius 3 is 2.89 bits per heavy atom. The summed E-state index contributed by atoms with van der Waals surface area (Å²) in [4.78, 5) is 11.0. The second-order valence-electron chi connectivity index (χ2n) is 4.63. The normalized spacial score (nSPS) is 18.6. The molecular formula is C14H15BrN4. The lowest BCUT2D eigenvalue weighted by atomic mass is 10.2. The van der Waals surface area contributed by atoms with Crippen molar-refractivity contribution in [1.82, 2.24) is 9.97 Å². The molecule has 1 unspecified atom stereocenters. The molecule has 4 nitrogen and oxygen atoms in total. The first-order valence-electron chi connectivity index (χ1n) is 6.35. The molecule has 1 N–H and O–H groups in total. The van der Waals surface area contributed by atoms with Gasteiger partial charge < -0.3 is 10.2 Å². The molecule has 0 saturated carbocycles. The Morgan fingerprint density at radius 2 is 2.16 bits per heavy atom. The molecule has 19 heavy (non-hydrogen) atoms. The lowest BCUT2D eigenvalue weighted by molar-refractivity contribution is 0.799. The molecular weight excluding hydrogens is 304 g/mol. The molecule has 1 saturated heterocycles. The van der Waals surface area contributed by atoms with E-state index < -0.39 is 0 Å². The van der Waals surface area contributed by atoms with Crippen molar-refractivity contribution in [1.29, 1.82) is 0 Å². The third-order valence-corrected chi connectivity index (χ3v) is 3.71. The molecule has 2 aromatic rings. The molecule has 0 bridgehead atoms. The monoisotopic (exact) mass is 318 g/mol. The Kier molecular flexibility index (Phi) is 3.64. The summed E-state index contributed by atoms with van der Waals surface area (Å²) in [7, 11) is 0. The maximum atomic E-state index is 4.39. The quantitative estimate of drug-likeness (QED) is 0.944. The fraction of sp³-hybridized carbons (Fsp3) is 0.286. The van der Waals surface area contributed by atoms with Crippen molar-refractivity contribution in [2.45, 2.75) is 12.5 Å². The summed E-state index contributed by atoms with van der Waals surface area (Å²) in [6.45, 7) is 2.00. The van der Waals surface area contributed by atoms with Gasteiger partial charge in [-0.2, -0.15) is 0 Å². The Bertz CT molecular complexity index is 529. The second-order valence-corrected chi connectivity index (χ2v) is 5.54. The van der Waals surface area contributed by atoms with Crippen LogP contribution in [0.1, 0.15) is 6.42 Å². The predicted molar refractivity (Wildman–Crippen MR) is 80.4 cm³/mol. The van der Waals surface area contributed by atoms with Crippen LogP contribution in [-0.4, -0.2) is 29.1 Å². The predicted octanol–water partition coefficient (Wildman–Crippen LogP) is 2.93. The lowest BCUT2D eigenvalue weighted by Gasteiger charge is -2.18. The zero-order valence-corrected chi connectivity index (χ0v) is 12.0. The molecule has 3 heterocycles. The third-order valence-electron chi connectivity index (χ3n) is 3.24. The molecule has 0 aliphatic carbocycles. The first kappa shape index (κ1) is 12.4. The summed E-state index contributed by atoms with van der Waals surface area (Å²) in [5.41, 5.74) is 0. The van der Waals surface area contributed by atoms with Crippen LogP contribution in [0.25, 0.3) is 0 Å². The Hall–Kier alpha value is -1.62. The molecule has 0 aromatic carbocycles. The van der Waals surface area contributed by atoms with Gasteiger partial charge in [0.1, 0.15) is 11.6 Å². The number of halogens is 1. The van der Waals surface area contributed by atoms with Crippen LogP contribution in [0.4, 0.5) is 11.6 Å². The highest BCUT2D eigenvalue weighted by Gasteiger charge is 2.23. The van der Waals surface area contributed by atoms with Crippen molar-refractivity contribution in [3.05, 3.63) is 47.2 Å². The van der Waals surface area contributed by atoms with E-state index in [1.54, 1.807) is 0 Å². The molecule has 98 valence electrons. The number of nitrogens with one attached hydrogen (secondary N) is 1. The molecule has 0 amide bonds. The van der Waals surface area contributed by atoms with Crippen LogP contribution in [0, 0.1) is 0 Å². The number of hydrogen-bond donors (Lipinski definition) is 1.